The second-order valence-corrected chi connectivity index (χ2v) is 19.8. The van der Waals surface area contributed by atoms with Gasteiger partial charge >= 0.3 is 302 Å². The van der Waals surface area contributed by atoms with E-state index in [0.29, 0.717) is 7.25 Å². The van der Waals surface area contributed by atoms with E-state index in [1.165, 1.54) is 72.3 Å². The number of fused-ring (bicyclic) bond motifs is 2. The van der Waals surface area contributed by atoms with Crippen LogP contribution in [-0.4, -0.2) is 0 Å². The van der Waals surface area contributed by atoms with Gasteiger partial charge in [-0.25, -0.2) is 0 Å². The number of allylic oxidation sites excluding steroid dienone is 2. The summed E-state index contributed by atoms with van der Waals surface area (Å²) in [5.74, 6) is 0. The van der Waals surface area contributed by atoms with E-state index in [1.54, 1.807) is 11.1 Å². The summed E-state index contributed by atoms with van der Waals surface area (Å²) in [4.78, 5) is 0. The van der Waals surface area contributed by atoms with Gasteiger partial charge in [0, 0.05) is 0 Å². The van der Waals surface area contributed by atoms with E-state index in [9.17, 15) is 0 Å². The number of aryl methyl sites for hydroxylation is 2. The van der Waals surface area contributed by atoms with Gasteiger partial charge in [-0.05, 0) is 0 Å². The Hall–Kier alpha value is -2.96. The van der Waals surface area contributed by atoms with E-state index < -0.39 is 23.2 Å². The van der Waals surface area contributed by atoms with Crippen molar-refractivity contribution in [2.45, 2.75) is 80.4 Å². The maximum Gasteiger partial charge on any atom is -1.00 e. The summed E-state index contributed by atoms with van der Waals surface area (Å²) in [5.41, 5.74) is 21.6. The normalized spacial score (nSPS) is 16.3. The Labute approximate surface area is 324 Å². The van der Waals surface area contributed by atoms with E-state index in [0.717, 1.165) is 0 Å². The molecule has 2 aliphatic carbocycles. The third-order valence-corrected chi connectivity index (χ3v) is 15.5. The molecule has 0 nitrogen and oxygen atoms in total. The van der Waals surface area contributed by atoms with E-state index in [4.69, 9.17) is 0 Å². The van der Waals surface area contributed by atoms with Crippen molar-refractivity contribution in [3.63, 3.8) is 0 Å². The minimum Gasteiger partial charge on any atom is -1.00 e. The molecule has 0 aromatic heterocycles. The minimum atomic E-state index is -1.10. The summed E-state index contributed by atoms with van der Waals surface area (Å²) in [6.07, 6.45) is 5.08. The molecule has 2 unspecified atom stereocenters. The van der Waals surface area contributed by atoms with Gasteiger partial charge in [0.15, 0.2) is 0 Å². The molecular formula is C47H48Cl2Zr. The van der Waals surface area contributed by atoms with Crippen LogP contribution in [0.2, 0.25) is 0 Å². The molecule has 0 aliphatic heterocycles. The van der Waals surface area contributed by atoms with Crippen LogP contribution in [0.5, 0.6) is 0 Å². The third-order valence-electron chi connectivity index (χ3n) is 10.5. The molecule has 7 rings (SSSR count). The smallest absolute Gasteiger partial charge is 1.00 e. The van der Waals surface area contributed by atoms with Crippen LogP contribution in [0.3, 0.4) is 0 Å². The molecule has 5 aromatic rings. The first kappa shape index (κ1) is 38.3. The topological polar surface area (TPSA) is 0 Å². The molecule has 2 atom stereocenters. The third kappa shape index (κ3) is 7.22. The van der Waals surface area contributed by atoms with Crippen molar-refractivity contribution >= 4 is 17.7 Å². The van der Waals surface area contributed by atoms with Crippen LogP contribution >= 0.6 is 0 Å². The minimum absolute atomic E-state index is 0. The van der Waals surface area contributed by atoms with Gasteiger partial charge in [-0.15, -0.1) is 0 Å². The molecular weight excluding hydrogens is 727 g/mol. The molecule has 0 fully saturated rings. The van der Waals surface area contributed by atoms with Crippen molar-refractivity contribution in [3.8, 4) is 22.3 Å². The zero-order valence-electron chi connectivity index (χ0n) is 30.9. The summed E-state index contributed by atoms with van der Waals surface area (Å²) in [5, 5.41) is 0. The number of benzene rings is 5. The fourth-order valence-electron chi connectivity index (χ4n) is 7.66. The second-order valence-electron chi connectivity index (χ2n) is 16.1. The molecule has 5 aromatic carbocycles. The molecule has 0 amide bonds. The number of halogens is 2. The monoisotopic (exact) mass is 772 g/mol. The van der Waals surface area contributed by atoms with Crippen LogP contribution in [0, 0.1) is 13.8 Å². The first-order valence-corrected chi connectivity index (χ1v) is 20.3. The number of rotatable bonds is 5. The molecule has 0 bridgehead atoms. The van der Waals surface area contributed by atoms with Crippen LogP contribution in [-0.2, 0) is 34.1 Å². The average molecular weight is 775 g/mol. The van der Waals surface area contributed by atoms with Gasteiger partial charge in [0.1, 0.15) is 0 Å². The summed E-state index contributed by atoms with van der Waals surface area (Å²) in [7, 11) is 0. The van der Waals surface area contributed by atoms with E-state index >= 15 is 0 Å². The van der Waals surface area contributed by atoms with Gasteiger partial charge in [0.05, 0.1) is 0 Å². The van der Waals surface area contributed by atoms with Gasteiger partial charge < -0.3 is 24.8 Å². The Morgan fingerprint density at radius 1 is 0.520 bits per heavy atom. The van der Waals surface area contributed by atoms with Crippen LogP contribution < -0.4 is 24.8 Å². The molecule has 0 spiro atoms. The van der Waals surface area contributed by atoms with Crippen molar-refractivity contribution in [1.29, 1.82) is 0 Å². The average Bonchev–Trinajstić information content (AvgIpc) is 3.58. The van der Waals surface area contributed by atoms with Gasteiger partial charge in [-0.2, -0.15) is 0 Å². The van der Waals surface area contributed by atoms with Crippen molar-refractivity contribution in [2.75, 3.05) is 0 Å². The Morgan fingerprint density at radius 3 is 1.64 bits per heavy atom. The summed E-state index contributed by atoms with van der Waals surface area (Å²) in [6, 6.07) is 39.6. The first-order chi connectivity index (χ1) is 22.8. The zero-order valence-corrected chi connectivity index (χ0v) is 34.9. The molecule has 0 saturated carbocycles. The quantitative estimate of drug-likeness (QED) is 0.179. The van der Waals surface area contributed by atoms with Crippen molar-refractivity contribution < 1.29 is 48.0 Å². The zero-order chi connectivity index (χ0) is 34.0. The van der Waals surface area contributed by atoms with Crippen LogP contribution in [0.1, 0.15) is 106 Å². The van der Waals surface area contributed by atoms with Crippen LogP contribution in [0.15, 0.2) is 109 Å². The van der Waals surface area contributed by atoms with Gasteiger partial charge in [-0.3, -0.25) is 0 Å². The summed E-state index contributed by atoms with van der Waals surface area (Å²) >= 11 is -1.10. The molecule has 3 heteroatoms. The maximum absolute atomic E-state index is 2.55. The second kappa shape index (κ2) is 14.6. The van der Waals surface area contributed by atoms with E-state index in [1.807, 2.05) is 0 Å². The van der Waals surface area contributed by atoms with Gasteiger partial charge in [0.2, 0.25) is 0 Å². The summed E-state index contributed by atoms with van der Waals surface area (Å²) < 4.78 is 1.02. The predicted molar refractivity (Wildman–Crippen MR) is 204 cm³/mol. The maximum atomic E-state index is 2.55. The van der Waals surface area contributed by atoms with Crippen molar-refractivity contribution in [3.05, 3.63) is 159 Å². The summed E-state index contributed by atoms with van der Waals surface area (Å²) in [6.45, 7) is 20.7. The predicted octanol–water partition coefficient (Wildman–Crippen LogP) is 7.08. The molecule has 0 saturated heterocycles. The van der Waals surface area contributed by atoms with Crippen molar-refractivity contribution in [1.82, 2.24) is 0 Å². The molecule has 0 N–H and O–H groups in total. The largest absolute Gasteiger partial charge is 1.00 e. The molecule has 50 heavy (non-hydrogen) atoms. The van der Waals surface area contributed by atoms with Crippen LogP contribution in [0.4, 0.5) is 0 Å². The molecule has 2 aliphatic rings. The van der Waals surface area contributed by atoms with Gasteiger partial charge in [0.25, 0.3) is 0 Å². The fourth-order valence-corrected chi connectivity index (χ4v) is 12.8. The van der Waals surface area contributed by atoms with Crippen molar-refractivity contribution in [2.24, 2.45) is 0 Å². The SMILES string of the molecule is CC1=Cc2c(-c3ccc(C(C)(C)C)cc3)ccc(C)c2[CH]1[Zr+2][CH]1C(c2cccc(C)c2)=Cc2c(-c3ccc(C(C)(C)C)cc3)cccc21.[Cl-].[Cl-]. The van der Waals surface area contributed by atoms with E-state index in [2.05, 4.69) is 178 Å². The Morgan fingerprint density at radius 2 is 1.08 bits per heavy atom. The van der Waals surface area contributed by atoms with Gasteiger partial charge in [-0.1, -0.05) is 0 Å². The fraction of sp³-hybridized carbons (Fsp3) is 0.277. The standard InChI is InChI=1S/C26H25.C21H23.2ClH.Zr/c1-18-7-5-8-20(15-18)22-16-21-9-6-10-24(25(21)17-22)19-11-13-23(14-12-19)26(2,3)4;1-14-12-19-15(2)6-11-18(20(19)13-14)16-7-9-17(10-8-16)21(3,4)5;;;/h5-17H,1-4H3;6-13H,1-5H3;2*1H;/q;;;;+2/p-2. The Balaban J connectivity index is 0.00000243. The first-order valence-electron chi connectivity index (χ1n) is 17.5. The van der Waals surface area contributed by atoms with Crippen LogP contribution in [0.25, 0.3) is 40.0 Å². The number of hydrogen-bond acceptors (Lipinski definition) is 0. The van der Waals surface area contributed by atoms with E-state index in [-0.39, 0.29) is 35.6 Å². The number of hydrogen-bond donors (Lipinski definition) is 0. The Bertz CT molecular complexity index is 2080. The molecule has 0 heterocycles. The molecule has 0 radical (unpaired) electrons. The Kier molecular flexibility index (Phi) is 11.2. The molecule has 254 valence electrons.